The Balaban J connectivity index is 1.61. The van der Waals surface area contributed by atoms with Crippen molar-refractivity contribution in [2.45, 2.75) is 31.2 Å². The molecule has 0 aliphatic carbocycles. The third-order valence-corrected chi connectivity index (χ3v) is 5.84. The number of para-hydroxylation sites is 1. The number of methoxy groups -OCH3 is 1. The van der Waals surface area contributed by atoms with Crippen molar-refractivity contribution < 1.29 is 39.8 Å². The number of terminal acetylenes is 1. The number of alkyl halides is 1. The van der Waals surface area contributed by atoms with Gasteiger partial charge in [-0.1, -0.05) is 18.1 Å². The highest BCUT2D eigenvalue weighted by molar-refractivity contribution is 7.49. The molecule has 1 aromatic carbocycles. The number of H-pyrrole nitrogens is 1. The van der Waals surface area contributed by atoms with Crippen LogP contribution in [-0.2, 0) is 25.0 Å². The van der Waals surface area contributed by atoms with Gasteiger partial charge >= 0.3 is 13.5 Å². The minimum absolute atomic E-state index is 0.0323. The third kappa shape index (κ3) is 4.09. The van der Waals surface area contributed by atoms with Crippen molar-refractivity contribution in [2.24, 2.45) is 0 Å². The summed E-state index contributed by atoms with van der Waals surface area (Å²) in [6.07, 6.45) is 1.42. The fraction of sp³-hybridized carbons (Fsp3) is 0.368. The zero-order valence-corrected chi connectivity index (χ0v) is 17.3. The van der Waals surface area contributed by atoms with Crippen LogP contribution in [0.2, 0.25) is 0 Å². The summed E-state index contributed by atoms with van der Waals surface area (Å²) in [4.78, 5) is 25.7. The first-order valence-electron chi connectivity index (χ1n) is 10.1. The van der Waals surface area contributed by atoms with E-state index in [0.717, 1.165) is 6.20 Å². The Labute approximate surface area is 183 Å². The number of halogens is 1. The summed E-state index contributed by atoms with van der Waals surface area (Å²) in [6, 6.07) is 4.70. The summed E-state index contributed by atoms with van der Waals surface area (Å²) in [5.74, 6) is -1.28. The van der Waals surface area contributed by atoms with Crippen molar-refractivity contribution in [1.29, 1.82) is 0 Å². The number of aliphatic hydroxyl groups excluding tert-OH is 1. The molecule has 1 fully saturated rings. The molecule has 3 heterocycles. The van der Waals surface area contributed by atoms with Crippen LogP contribution in [0.15, 0.2) is 34.0 Å². The lowest BCUT2D eigenvalue weighted by atomic mass is 10.2. The number of aromatic amines is 1. The number of aromatic nitrogens is 2. The number of rotatable bonds is 5. The van der Waals surface area contributed by atoms with Gasteiger partial charge in [-0.25, -0.2) is 13.8 Å². The Bertz CT molecular complexity index is 1330. The quantitative estimate of drug-likeness (QED) is 0.488. The molecule has 2 aromatic rings. The van der Waals surface area contributed by atoms with Gasteiger partial charge in [-0.2, -0.15) is 0 Å². The van der Waals surface area contributed by atoms with Crippen LogP contribution in [-0.4, -0.2) is 40.3 Å². The fourth-order valence-electron chi connectivity index (χ4n) is 3.17. The van der Waals surface area contributed by atoms with Gasteiger partial charge in [0.25, 0.3) is 5.56 Å². The van der Waals surface area contributed by atoms with Crippen LogP contribution in [0.25, 0.3) is 0 Å². The smallest absolute Gasteiger partial charge is 0.493 e. The summed E-state index contributed by atoms with van der Waals surface area (Å²) >= 11 is 0. The van der Waals surface area contributed by atoms with Gasteiger partial charge in [0.2, 0.25) is 5.85 Å². The lowest BCUT2D eigenvalue weighted by Gasteiger charge is -2.28. The molecule has 0 bridgehead atoms. The number of nitrogens with zero attached hydrogens (tertiary/aromatic N) is 1. The second-order valence-electron chi connectivity index (χ2n) is 6.82. The summed E-state index contributed by atoms with van der Waals surface area (Å²) in [7, 11) is -3.41. The van der Waals surface area contributed by atoms with Crippen molar-refractivity contribution in [3.63, 3.8) is 0 Å². The number of hydrogen-bond acceptors (Lipinski definition) is 9. The van der Waals surface area contributed by atoms with E-state index in [9.17, 15) is 19.3 Å². The highest BCUT2D eigenvalue weighted by Crippen LogP contribution is 2.57. The molecule has 0 amide bonds. The SMILES string of the molecule is [2H]C([2H])(OP1(=O)OCc2cccc(OC)c2O1)[C@]1(F)C[C@@H](O)[C@H](n2cc(C#C)c(=O)[nH]c2=O)O1. The molecule has 13 heteroatoms. The topological polar surface area (TPSA) is 138 Å². The average Bonchev–Trinajstić information content (AvgIpc) is 3.08. The number of phosphoric ester groups is 1. The molecule has 0 radical (unpaired) electrons. The lowest BCUT2D eigenvalue weighted by molar-refractivity contribution is -0.179. The Morgan fingerprint density at radius 2 is 2.31 bits per heavy atom. The number of benzene rings is 1. The van der Waals surface area contributed by atoms with Crippen LogP contribution in [0.5, 0.6) is 11.5 Å². The molecular weight excluding hydrogens is 450 g/mol. The minimum Gasteiger partial charge on any atom is -0.493 e. The van der Waals surface area contributed by atoms with E-state index in [-0.39, 0.29) is 23.7 Å². The van der Waals surface area contributed by atoms with Crippen LogP contribution < -0.4 is 20.5 Å². The molecule has 4 rings (SSSR count). The molecule has 11 nitrogen and oxygen atoms in total. The number of phosphoric acid groups is 1. The van der Waals surface area contributed by atoms with Crippen molar-refractivity contribution in [3.05, 3.63) is 56.4 Å². The van der Waals surface area contributed by atoms with E-state index in [4.69, 9.17) is 32.2 Å². The molecule has 1 aromatic heterocycles. The molecule has 2 N–H and O–H groups in total. The largest absolute Gasteiger partial charge is 0.530 e. The molecule has 0 saturated carbocycles. The van der Waals surface area contributed by atoms with Gasteiger partial charge in [-0.05, 0) is 6.07 Å². The van der Waals surface area contributed by atoms with E-state index in [2.05, 4.69) is 0 Å². The van der Waals surface area contributed by atoms with Gasteiger partial charge in [0.1, 0.15) is 18.2 Å². The zero-order valence-electron chi connectivity index (χ0n) is 18.4. The molecule has 170 valence electrons. The number of fused-ring (bicyclic) bond motifs is 1. The number of hydrogen-bond donors (Lipinski definition) is 2. The predicted octanol–water partition coefficient (Wildman–Crippen LogP) is 1.21. The van der Waals surface area contributed by atoms with Crippen LogP contribution in [0.4, 0.5) is 4.39 Å². The molecule has 0 spiro atoms. The summed E-state index contributed by atoms with van der Waals surface area (Å²) in [5.41, 5.74) is -1.86. The first-order chi connectivity index (χ1) is 15.9. The van der Waals surface area contributed by atoms with Gasteiger partial charge in [-0.3, -0.25) is 23.4 Å². The Hall–Kier alpha value is -2.94. The molecular formula is C19H18FN2O9P. The zero-order chi connectivity index (χ0) is 24.9. The summed E-state index contributed by atoms with van der Waals surface area (Å²) in [5, 5.41) is 10.3. The molecule has 1 saturated heterocycles. The first-order valence-corrected chi connectivity index (χ1v) is 10.6. The Morgan fingerprint density at radius 1 is 1.53 bits per heavy atom. The van der Waals surface area contributed by atoms with E-state index in [0.29, 0.717) is 10.1 Å². The van der Waals surface area contributed by atoms with E-state index in [1.54, 1.807) is 12.1 Å². The van der Waals surface area contributed by atoms with Crippen molar-refractivity contribution in [1.82, 2.24) is 9.55 Å². The maximum absolute atomic E-state index is 15.7. The van der Waals surface area contributed by atoms with Crippen LogP contribution in [0, 0.1) is 12.3 Å². The maximum Gasteiger partial charge on any atom is 0.530 e. The van der Waals surface area contributed by atoms with Gasteiger partial charge in [0, 0.05) is 18.2 Å². The van der Waals surface area contributed by atoms with Crippen molar-refractivity contribution in [2.75, 3.05) is 13.7 Å². The Kier molecular flexibility index (Phi) is 5.05. The maximum atomic E-state index is 15.7. The minimum atomic E-state index is -4.74. The number of ether oxygens (including phenoxy) is 2. The average molecular weight is 470 g/mol. The molecule has 2 aliphatic heterocycles. The number of nitrogens with one attached hydrogen (secondary N) is 1. The number of aliphatic hydroxyl groups is 1. The molecule has 2 aliphatic rings. The van der Waals surface area contributed by atoms with Gasteiger partial charge in [0.05, 0.1) is 16.5 Å². The van der Waals surface area contributed by atoms with Gasteiger partial charge in [0.15, 0.2) is 17.7 Å². The fourth-order valence-corrected chi connectivity index (χ4v) is 4.29. The highest BCUT2D eigenvalue weighted by atomic mass is 31.2. The van der Waals surface area contributed by atoms with Gasteiger partial charge in [-0.15, -0.1) is 6.42 Å². The van der Waals surface area contributed by atoms with Crippen molar-refractivity contribution >= 4 is 7.82 Å². The van der Waals surface area contributed by atoms with Crippen LogP contribution in [0.3, 0.4) is 0 Å². The Morgan fingerprint density at radius 3 is 3.03 bits per heavy atom. The molecule has 4 atom stereocenters. The van der Waals surface area contributed by atoms with E-state index < -0.39 is 50.2 Å². The van der Waals surface area contributed by atoms with Crippen molar-refractivity contribution in [3.8, 4) is 23.8 Å². The standard InChI is InChI=1S/C19H18FN2O9P/c1-3-11-8-22(18(25)21-16(11)24)17-13(23)7-19(20,30-17)10-29-32(26)28-9-12-5-4-6-14(27-2)15(12)31-32/h1,4-6,8,13,17,23H,7,9-10H2,2H3,(H,21,24,25)/t13-,17-,19+,32?/m1/s1/i10D2. The first kappa shape index (κ1) is 19.7. The highest BCUT2D eigenvalue weighted by Gasteiger charge is 2.50. The molecule has 32 heavy (non-hydrogen) atoms. The lowest BCUT2D eigenvalue weighted by Crippen LogP contribution is -2.37. The van der Waals surface area contributed by atoms with Gasteiger partial charge < -0.3 is 19.1 Å². The van der Waals surface area contributed by atoms with E-state index >= 15 is 4.39 Å². The second-order valence-corrected chi connectivity index (χ2v) is 8.33. The van der Waals surface area contributed by atoms with E-state index in [1.807, 2.05) is 10.9 Å². The normalized spacial score (nSPS) is 30.4. The monoisotopic (exact) mass is 470 g/mol. The third-order valence-electron chi connectivity index (χ3n) is 4.68. The predicted molar refractivity (Wildman–Crippen MR) is 106 cm³/mol. The van der Waals surface area contributed by atoms with Crippen LogP contribution in [0.1, 0.15) is 26.5 Å². The molecule has 1 unspecified atom stereocenters. The second kappa shape index (κ2) is 8.20. The van der Waals surface area contributed by atoms with E-state index in [1.165, 1.54) is 13.2 Å². The van der Waals surface area contributed by atoms with Crippen LogP contribution >= 0.6 is 7.82 Å². The summed E-state index contributed by atoms with van der Waals surface area (Å²) in [6.45, 7) is -3.81. The summed E-state index contributed by atoms with van der Waals surface area (Å²) < 4.78 is 70.7.